The third-order valence-electron chi connectivity index (χ3n) is 3.01. The number of hydrogen-bond donors (Lipinski definition) is 2. The van der Waals surface area contributed by atoms with Crippen molar-refractivity contribution in [2.24, 2.45) is 5.73 Å². The Balaban J connectivity index is 1.70. The lowest BCUT2D eigenvalue weighted by Gasteiger charge is -1.97. The lowest BCUT2D eigenvalue weighted by molar-refractivity contribution is 0.103. The molecule has 4 nitrogen and oxygen atoms in total. The van der Waals surface area contributed by atoms with Crippen molar-refractivity contribution >= 4 is 33.7 Å². The van der Waals surface area contributed by atoms with Crippen LogP contribution in [0, 0.1) is 11.8 Å². The van der Waals surface area contributed by atoms with Crippen molar-refractivity contribution in [2.75, 3.05) is 11.9 Å². The van der Waals surface area contributed by atoms with E-state index < -0.39 is 0 Å². The molecule has 0 radical (unpaired) electrons. The molecule has 1 amide bonds. The topological polar surface area (TPSA) is 68.0 Å². The van der Waals surface area contributed by atoms with Gasteiger partial charge in [-0.1, -0.05) is 23.2 Å². The first-order chi connectivity index (χ1) is 9.76. The van der Waals surface area contributed by atoms with E-state index in [4.69, 9.17) is 5.73 Å². The quantitative estimate of drug-likeness (QED) is 0.836. The largest absolute Gasteiger partial charge is 0.320 e. The summed E-state index contributed by atoms with van der Waals surface area (Å²) in [5.74, 6) is 5.58. The van der Waals surface area contributed by atoms with Crippen LogP contribution in [0.2, 0.25) is 0 Å². The lowest BCUT2D eigenvalue weighted by Crippen LogP contribution is -2.09. The van der Waals surface area contributed by atoms with Crippen molar-refractivity contribution in [3.8, 4) is 11.8 Å². The highest BCUT2D eigenvalue weighted by atomic mass is 32.1. The number of carbonyl (C=O) groups excluding carboxylic acids is 1. The van der Waals surface area contributed by atoms with Gasteiger partial charge in [0.1, 0.15) is 0 Å². The van der Waals surface area contributed by atoms with E-state index in [2.05, 4.69) is 22.1 Å². The number of nitrogens with zero attached hydrogens (tertiary/aromatic N) is 1. The molecule has 0 bridgehead atoms. The Morgan fingerprint density at radius 3 is 3.15 bits per heavy atom. The van der Waals surface area contributed by atoms with Gasteiger partial charge in [0.2, 0.25) is 0 Å². The summed E-state index contributed by atoms with van der Waals surface area (Å²) in [4.78, 5) is 19.2. The zero-order valence-electron chi connectivity index (χ0n) is 10.7. The van der Waals surface area contributed by atoms with E-state index in [1.54, 1.807) is 17.5 Å². The Labute approximate surface area is 125 Å². The Bertz CT molecular complexity index is 684. The van der Waals surface area contributed by atoms with Gasteiger partial charge in [-0.05, 0) is 30.9 Å². The Hall–Kier alpha value is -1.68. The number of nitrogens with one attached hydrogen (secondary N) is 1. The van der Waals surface area contributed by atoms with Crippen molar-refractivity contribution in [1.82, 2.24) is 4.98 Å². The van der Waals surface area contributed by atoms with Crippen LogP contribution < -0.4 is 11.1 Å². The average Bonchev–Trinajstić information content (AvgIpc) is 3.11. The molecule has 1 aliphatic carbocycles. The van der Waals surface area contributed by atoms with Crippen LogP contribution in [0.25, 0.3) is 0 Å². The number of thiophene rings is 1. The maximum Gasteiger partial charge on any atom is 0.267 e. The van der Waals surface area contributed by atoms with Gasteiger partial charge in [0.15, 0.2) is 5.13 Å². The first-order valence-electron chi connectivity index (χ1n) is 6.34. The first-order valence-corrected chi connectivity index (χ1v) is 7.97. The third kappa shape index (κ3) is 2.75. The number of fused-ring (bicyclic) bond motifs is 1. The van der Waals surface area contributed by atoms with E-state index in [0.29, 0.717) is 11.7 Å². The summed E-state index contributed by atoms with van der Waals surface area (Å²) in [7, 11) is 0. The van der Waals surface area contributed by atoms with Gasteiger partial charge in [0, 0.05) is 4.88 Å². The predicted octanol–water partition coefficient (Wildman–Crippen LogP) is 2.26. The maximum atomic E-state index is 12.2. The molecule has 20 heavy (non-hydrogen) atoms. The van der Waals surface area contributed by atoms with E-state index in [0.717, 1.165) is 22.6 Å². The van der Waals surface area contributed by atoms with Gasteiger partial charge < -0.3 is 5.73 Å². The zero-order valence-corrected chi connectivity index (χ0v) is 12.4. The molecule has 2 aromatic rings. The molecule has 0 aromatic carbocycles. The molecule has 3 rings (SSSR count). The van der Waals surface area contributed by atoms with Gasteiger partial charge in [-0.2, -0.15) is 0 Å². The van der Waals surface area contributed by atoms with Crippen molar-refractivity contribution in [3.63, 3.8) is 0 Å². The number of anilines is 1. The fraction of sp³-hybridized carbons (Fsp3) is 0.286. The molecule has 0 aliphatic heterocycles. The minimum atomic E-state index is -0.0860. The first kappa shape index (κ1) is 13.3. The van der Waals surface area contributed by atoms with Gasteiger partial charge in [0.05, 0.1) is 22.5 Å². The van der Waals surface area contributed by atoms with Crippen LogP contribution in [0.1, 0.15) is 31.4 Å². The van der Waals surface area contributed by atoms with Crippen LogP contribution in [0.3, 0.4) is 0 Å². The van der Waals surface area contributed by atoms with E-state index in [1.165, 1.54) is 28.2 Å². The number of aryl methyl sites for hydroxylation is 2. The van der Waals surface area contributed by atoms with E-state index >= 15 is 0 Å². The van der Waals surface area contributed by atoms with Gasteiger partial charge in [-0.15, -0.1) is 11.3 Å². The lowest BCUT2D eigenvalue weighted by atomic mass is 10.2. The summed E-state index contributed by atoms with van der Waals surface area (Å²) in [6.45, 7) is 0.320. The molecule has 2 aromatic heterocycles. The van der Waals surface area contributed by atoms with Crippen LogP contribution >= 0.6 is 22.7 Å². The highest BCUT2D eigenvalue weighted by Crippen LogP contribution is 2.31. The number of rotatable bonds is 2. The zero-order chi connectivity index (χ0) is 13.9. The van der Waals surface area contributed by atoms with E-state index in [-0.39, 0.29) is 5.91 Å². The van der Waals surface area contributed by atoms with Crippen LogP contribution in [-0.4, -0.2) is 17.4 Å². The molecule has 3 N–H and O–H groups in total. The molecule has 1 aliphatic rings. The van der Waals surface area contributed by atoms with Crippen molar-refractivity contribution in [1.29, 1.82) is 0 Å². The minimum Gasteiger partial charge on any atom is -0.320 e. The second kappa shape index (κ2) is 5.75. The van der Waals surface area contributed by atoms with Gasteiger partial charge in [0.25, 0.3) is 5.91 Å². The molecule has 0 fully saturated rings. The second-order valence-electron chi connectivity index (χ2n) is 4.40. The smallest absolute Gasteiger partial charge is 0.267 e. The Morgan fingerprint density at radius 2 is 2.35 bits per heavy atom. The van der Waals surface area contributed by atoms with Gasteiger partial charge in [-0.25, -0.2) is 4.98 Å². The molecule has 0 saturated carbocycles. The fourth-order valence-electron chi connectivity index (χ4n) is 2.13. The standard InChI is InChI=1S/C14H13N3OS2/c15-6-2-4-10-8-16-14(19-10)17-13(18)12-7-9-3-1-5-11(9)20-12/h7-8H,1,3,5-6,15H2,(H,16,17,18). The molecule has 2 heterocycles. The van der Waals surface area contributed by atoms with Crippen LogP contribution in [0.15, 0.2) is 12.3 Å². The second-order valence-corrected chi connectivity index (χ2v) is 6.57. The molecular weight excluding hydrogens is 290 g/mol. The van der Waals surface area contributed by atoms with Gasteiger partial charge in [-0.3, -0.25) is 10.1 Å². The van der Waals surface area contributed by atoms with Crippen molar-refractivity contribution < 1.29 is 4.79 Å². The molecule has 102 valence electrons. The Kier molecular flexibility index (Phi) is 3.83. The highest BCUT2D eigenvalue weighted by molar-refractivity contribution is 7.16. The summed E-state index contributed by atoms with van der Waals surface area (Å²) in [5, 5.41) is 3.40. The number of amides is 1. The minimum absolute atomic E-state index is 0.0860. The van der Waals surface area contributed by atoms with Crippen LogP contribution in [-0.2, 0) is 12.8 Å². The summed E-state index contributed by atoms with van der Waals surface area (Å²) >= 11 is 2.95. The maximum absolute atomic E-state index is 12.2. The number of thiazole rings is 1. The molecular formula is C14H13N3OS2. The van der Waals surface area contributed by atoms with Gasteiger partial charge >= 0.3 is 0 Å². The van der Waals surface area contributed by atoms with Crippen LogP contribution in [0.5, 0.6) is 0 Å². The number of nitrogens with two attached hydrogens (primary N) is 1. The Morgan fingerprint density at radius 1 is 1.45 bits per heavy atom. The molecule has 0 saturated heterocycles. The molecule has 0 spiro atoms. The summed E-state index contributed by atoms with van der Waals surface area (Å²) in [6, 6.07) is 2.01. The van der Waals surface area contributed by atoms with Crippen molar-refractivity contribution in [2.45, 2.75) is 19.3 Å². The summed E-state index contributed by atoms with van der Waals surface area (Å²) < 4.78 is 0. The molecule has 0 atom stereocenters. The SMILES string of the molecule is NCC#Cc1cnc(NC(=O)c2cc3c(s2)CCC3)s1. The van der Waals surface area contributed by atoms with E-state index in [9.17, 15) is 4.79 Å². The number of carbonyl (C=O) groups is 1. The normalized spacial score (nSPS) is 12.7. The average molecular weight is 303 g/mol. The number of aromatic nitrogens is 1. The monoisotopic (exact) mass is 303 g/mol. The molecule has 0 unspecified atom stereocenters. The third-order valence-corrected chi connectivity index (χ3v) is 5.07. The fourth-order valence-corrected chi connectivity index (χ4v) is 3.96. The molecule has 6 heteroatoms. The summed E-state index contributed by atoms with van der Waals surface area (Å²) in [5.41, 5.74) is 6.64. The van der Waals surface area contributed by atoms with Crippen LogP contribution in [0.4, 0.5) is 5.13 Å². The predicted molar refractivity (Wildman–Crippen MR) is 82.3 cm³/mol. The van der Waals surface area contributed by atoms with Crippen molar-refractivity contribution in [3.05, 3.63) is 32.5 Å². The van der Waals surface area contributed by atoms with E-state index in [1.807, 2.05) is 6.07 Å². The summed E-state index contributed by atoms with van der Waals surface area (Å²) in [6.07, 6.45) is 5.05. The number of hydrogen-bond acceptors (Lipinski definition) is 5. The highest BCUT2D eigenvalue weighted by Gasteiger charge is 2.19.